The number of aryl methyl sites for hydroxylation is 1. The molecule has 0 aromatic heterocycles. The lowest BCUT2D eigenvalue weighted by atomic mass is 9.99. The summed E-state index contributed by atoms with van der Waals surface area (Å²) in [7, 11) is 3.35. The first-order chi connectivity index (χ1) is 12.5. The van der Waals surface area contributed by atoms with E-state index in [1.807, 2.05) is 12.1 Å². The fraction of sp³-hybridized carbons (Fsp3) is 0.381. The van der Waals surface area contributed by atoms with Crippen molar-refractivity contribution in [3.63, 3.8) is 0 Å². The molecule has 2 aromatic carbocycles. The monoisotopic (exact) mass is 355 g/mol. The van der Waals surface area contributed by atoms with Crippen LogP contribution in [0.3, 0.4) is 0 Å². The molecule has 26 heavy (non-hydrogen) atoms. The number of hydrogen-bond donors (Lipinski definition) is 3. The maximum atomic E-state index is 10.0. The highest BCUT2D eigenvalue weighted by molar-refractivity contribution is 5.79. The van der Waals surface area contributed by atoms with E-state index in [-0.39, 0.29) is 5.75 Å². The molecule has 2 aromatic rings. The van der Waals surface area contributed by atoms with Gasteiger partial charge in [0.1, 0.15) is 11.5 Å². The fourth-order valence-corrected chi connectivity index (χ4v) is 2.76. The molecule has 0 aliphatic carbocycles. The van der Waals surface area contributed by atoms with Gasteiger partial charge in [0.05, 0.1) is 7.11 Å². The van der Waals surface area contributed by atoms with Gasteiger partial charge in [-0.3, -0.25) is 4.99 Å². The van der Waals surface area contributed by atoms with E-state index in [1.54, 1.807) is 20.2 Å². The van der Waals surface area contributed by atoms with Crippen LogP contribution in [0.4, 0.5) is 0 Å². The van der Waals surface area contributed by atoms with Crippen molar-refractivity contribution in [2.24, 2.45) is 4.99 Å². The molecule has 1 atom stereocenters. The SMILES string of the molecule is CN=C(NCCc1ccc(OC)cc1O)NCC(C)c1cccc(C)c1. The van der Waals surface area contributed by atoms with Gasteiger partial charge in [-0.15, -0.1) is 0 Å². The number of hydrogen-bond acceptors (Lipinski definition) is 3. The molecule has 0 amide bonds. The highest BCUT2D eigenvalue weighted by Gasteiger charge is 2.08. The zero-order valence-electron chi connectivity index (χ0n) is 16.0. The number of phenols is 1. The van der Waals surface area contributed by atoms with E-state index in [4.69, 9.17) is 4.74 Å². The number of guanidine groups is 1. The topological polar surface area (TPSA) is 65.9 Å². The lowest BCUT2D eigenvalue weighted by molar-refractivity contribution is 0.406. The van der Waals surface area contributed by atoms with Gasteiger partial charge in [0.2, 0.25) is 0 Å². The van der Waals surface area contributed by atoms with E-state index in [2.05, 4.69) is 53.7 Å². The third-order valence-electron chi connectivity index (χ3n) is 4.39. The van der Waals surface area contributed by atoms with Gasteiger partial charge >= 0.3 is 0 Å². The second kappa shape index (κ2) is 9.70. The molecule has 5 heteroatoms. The van der Waals surface area contributed by atoms with Crippen LogP contribution < -0.4 is 15.4 Å². The Labute approximate surface area is 156 Å². The second-order valence-corrected chi connectivity index (χ2v) is 6.44. The second-order valence-electron chi connectivity index (χ2n) is 6.44. The van der Waals surface area contributed by atoms with Crippen molar-refractivity contribution < 1.29 is 9.84 Å². The third-order valence-corrected chi connectivity index (χ3v) is 4.39. The number of phenolic OH excluding ortho intramolecular Hbond substituents is 1. The van der Waals surface area contributed by atoms with E-state index in [0.29, 0.717) is 24.6 Å². The van der Waals surface area contributed by atoms with Gasteiger partial charge in [-0.25, -0.2) is 0 Å². The normalized spacial score (nSPS) is 12.5. The maximum absolute atomic E-state index is 10.0. The van der Waals surface area contributed by atoms with Gasteiger partial charge in [0.25, 0.3) is 0 Å². The summed E-state index contributed by atoms with van der Waals surface area (Å²) >= 11 is 0. The number of aliphatic imine (C=N–C) groups is 1. The minimum atomic E-state index is 0.252. The first-order valence-electron chi connectivity index (χ1n) is 8.90. The van der Waals surface area contributed by atoms with Crippen LogP contribution in [0.15, 0.2) is 47.5 Å². The molecular formula is C21H29N3O2. The van der Waals surface area contributed by atoms with Gasteiger partial charge in [-0.2, -0.15) is 0 Å². The predicted molar refractivity (Wildman–Crippen MR) is 107 cm³/mol. The average molecular weight is 355 g/mol. The van der Waals surface area contributed by atoms with E-state index in [1.165, 1.54) is 11.1 Å². The van der Waals surface area contributed by atoms with Crippen LogP contribution in [0.5, 0.6) is 11.5 Å². The average Bonchev–Trinajstić information content (AvgIpc) is 2.65. The quantitative estimate of drug-likeness (QED) is 0.527. The van der Waals surface area contributed by atoms with Crippen molar-refractivity contribution in [3.8, 4) is 11.5 Å². The lowest BCUT2D eigenvalue weighted by Crippen LogP contribution is -2.39. The standard InChI is InChI=1S/C21H29N3O2/c1-15-6-5-7-18(12-15)16(2)14-24-21(22-3)23-11-10-17-8-9-19(26-4)13-20(17)25/h5-9,12-13,16,25H,10-11,14H2,1-4H3,(H2,22,23,24). The van der Waals surface area contributed by atoms with Gasteiger partial charge < -0.3 is 20.5 Å². The molecule has 0 aliphatic rings. The molecule has 5 nitrogen and oxygen atoms in total. The number of aromatic hydroxyl groups is 1. The zero-order valence-corrected chi connectivity index (χ0v) is 16.0. The first kappa shape index (κ1) is 19.6. The molecule has 0 fully saturated rings. The Morgan fingerprint density at radius 2 is 2.00 bits per heavy atom. The highest BCUT2D eigenvalue weighted by Crippen LogP contribution is 2.23. The summed E-state index contributed by atoms with van der Waals surface area (Å²) in [6.45, 7) is 5.79. The van der Waals surface area contributed by atoms with Crippen molar-refractivity contribution >= 4 is 5.96 Å². The molecule has 0 radical (unpaired) electrons. The van der Waals surface area contributed by atoms with Crippen molar-refractivity contribution in [3.05, 3.63) is 59.2 Å². The molecule has 1 unspecified atom stereocenters. The predicted octanol–water partition coefficient (Wildman–Crippen LogP) is 3.22. The number of nitrogens with one attached hydrogen (secondary N) is 2. The van der Waals surface area contributed by atoms with E-state index < -0.39 is 0 Å². The van der Waals surface area contributed by atoms with Gasteiger partial charge in [-0.1, -0.05) is 42.8 Å². The number of rotatable bonds is 7. The Hall–Kier alpha value is -2.69. The van der Waals surface area contributed by atoms with Gasteiger partial charge in [0, 0.05) is 26.2 Å². The largest absolute Gasteiger partial charge is 0.508 e. The highest BCUT2D eigenvalue weighted by atomic mass is 16.5. The molecule has 0 saturated heterocycles. The van der Waals surface area contributed by atoms with Crippen molar-refractivity contribution in [2.45, 2.75) is 26.2 Å². The van der Waals surface area contributed by atoms with E-state index in [9.17, 15) is 5.11 Å². The molecule has 0 spiro atoms. The Morgan fingerprint density at radius 3 is 2.65 bits per heavy atom. The first-order valence-corrected chi connectivity index (χ1v) is 8.90. The van der Waals surface area contributed by atoms with Crippen LogP contribution in [-0.2, 0) is 6.42 Å². The summed E-state index contributed by atoms with van der Waals surface area (Å²) < 4.78 is 5.10. The zero-order chi connectivity index (χ0) is 18.9. The van der Waals surface area contributed by atoms with Gasteiger partial charge in [-0.05, 0) is 36.5 Å². The molecule has 0 bridgehead atoms. The third kappa shape index (κ3) is 5.69. The minimum Gasteiger partial charge on any atom is -0.508 e. The summed E-state index contributed by atoms with van der Waals surface area (Å²) in [4.78, 5) is 4.26. The Kier molecular flexibility index (Phi) is 7.33. The van der Waals surface area contributed by atoms with Crippen LogP contribution in [-0.4, -0.2) is 38.3 Å². The van der Waals surface area contributed by atoms with Crippen molar-refractivity contribution in [2.75, 3.05) is 27.2 Å². The Morgan fingerprint density at radius 1 is 1.19 bits per heavy atom. The summed E-state index contributed by atoms with van der Waals surface area (Å²) in [6.07, 6.45) is 0.698. The molecule has 0 saturated carbocycles. The Bertz CT molecular complexity index is 744. The summed E-state index contributed by atoms with van der Waals surface area (Å²) in [5.41, 5.74) is 3.47. The smallest absolute Gasteiger partial charge is 0.191 e. The fourth-order valence-electron chi connectivity index (χ4n) is 2.76. The van der Waals surface area contributed by atoms with E-state index in [0.717, 1.165) is 18.1 Å². The summed E-state index contributed by atoms with van der Waals surface area (Å²) in [6, 6.07) is 13.9. The number of benzene rings is 2. The minimum absolute atomic E-state index is 0.252. The molecule has 2 rings (SSSR count). The van der Waals surface area contributed by atoms with Gasteiger partial charge in [0.15, 0.2) is 5.96 Å². The number of methoxy groups -OCH3 is 1. The summed E-state index contributed by atoms with van der Waals surface area (Å²) in [5, 5.41) is 16.7. The van der Waals surface area contributed by atoms with Crippen LogP contribution in [0.2, 0.25) is 0 Å². The summed E-state index contributed by atoms with van der Waals surface area (Å²) in [5.74, 6) is 2.06. The van der Waals surface area contributed by atoms with Crippen LogP contribution >= 0.6 is 0 Å². The van der Waals surface area contributed by atoms with Crippen LogP contribution in [0.1, 0.15) is 29.5 Å². The molecule has 0 aliphatic heterocycles. The van der Waals surface area contributed by atoms with Crippen molar-refractivity contribution in [1.29, 1.82) is 0 Å². The molecule has 140 valence electrons. The molecular weight excluding hydrogens is 326 g/mol. The molecule has 3 N–H and O–H groups in total. The van der Waals surface area contributed by atoms with E-state index >= 15 is 0 Å². The van der Waals surface area contributed by atoms with Crippen LogP contribution in [0, 0.1) is 6.92 Å². The number of ether oxygens (including phenoxy) is 1. The van der Waals surface area contributed by atoms with Crippen molar-refractivity contribution in [1.82, 2.24) is 10.6 Å². The molecule has 0 heterocycles. The maximum Gasteiger partial charge on any atom is 0.191 e. The van der Waals surface area contributed by atoms with Crippen LogP contribution in [0.25, 0.3) is 0 Å². The lowest BCUT2D eigenvalue weighted by Gasteiger charge is -2.17. The number of nitrogens with zero attached hydrogens (tertiary/aromatic N) is 1. The Balaban J connectivity index is 1.81.